The number of nitrogens with zero attached hydrogens (tertiary/aromatic N) is 4. The molecule has 0 aromatic carbocycles. The van der Waals surface area contributed by atoms with E-state index >= 15 is 0 Å². The van der Waals surface area contributed by atoms with Gasteiger partial charge in [-0.25, -0.2) is 0 Å². The van der Waals surface area contributed by atoms with Crippen molar-refractivity contribution in [1.29, 1.82) is 0 Å². The van der Waals surface area contributed by atoms with Crippen LogP contribution in [0.1, 0.15) is 52.4 Å². The van der Waals surface area contributed by atoms with Crippen LogP contribution in [0.3, 0.4) is 0 Å². The van der Waals surface area contributed by atoms with Crippen LogP contribution in [0.25, 0.3) is 0 Å². The highest BCUT2D eigenvalue weighted by Gasteiger charge is 2.22. The molecule has 0 radical (unpaired) electrons. The van der Waals surface area contributed by atoms with E-state index in [1.165, 1.54) is 31.4 Å². The quantitative estimate of drug-likeness (QED) is 0.246. The van der Waals surface area contributed by atoms with E-state index in [9.17, 15) is 0 Å². The van der Waals surface area contributed by atoms with Gasteiger partial charge in [-0.2, -0.15) is 11.8 Å². The predicted octanol–water partition coefficient (Wildman–Crippen LogP) is 3.30. The van der Waals surface area contributed by atoms with E-state index < -0.39 is 0 Å². The Bertz CT molecular complexity index is 466. The maximum absolute atomic E-state index is 4.74. The molecule has 144 valence electrons. The monoisotopic (exact) mass is 480 g/mol. The first kappa shape index (κ1) is 22.5. The highest BCUT2D eigenvalue weighted by molar-refractivity contribution is 14.0. The summed E-state index contributed by atoms with van der Waals surface area (Å²) in [5, 5.41) is 15.5. The number of hydrogen-bond acceptors (Lipinski definition) is 4. The third-order valence-electron chi connectivity index (χ3n) is 4.27. The van der Waals surface area contributed by atoms with Gasteiger partial charge in [0.1, 0.15) is 12.7 Å². The lowest BCUT2D eigenvalue weighted by atomic mass is 9.95. The van der Waals surface area contributed by atoms with Crippen LogP contribution in [0.4, 0.5) is 0 Å². The standard InChI is InChI=1S/C17H32N6S.HI/c1-3-18-17(19-10-5-6-11-23-13-20-21-14-23)22-15-8-7-9-16(12-15)24-4-2;/h13-16H,3-12H2,1-2H3,(H2,18,19,22);1H. The minimum absolute atomic E-state index is 0. The fourth-order valence-electron chi connectivity index (χ4n) is 3.11. The second-order valence-electron chi connectivity index (χ2n) is 6.25. The van der Waals surface area contributed by atoms with Crippen molar-refractivity contribution < 1.29 is 0 Å². The van der Waals surface area contributed by atoms with E-state index in [-0.39, 0.29) is 24.0 Å². The number of nitrogens with one attached hydrogen (secondary N) is 2. The molecule has 0 spiro atoms. The largest absolute Gasteiger partial charge is 0.357 e. The van der Waals surface area contributed by atoms with Crippen molar-refractivity contribution in [3.05, 3.63) is 12.7 Å². The summed E-state index contributed by atoms with van der Waals surface area (Å²) in [4.78, 5) is 4.74. The normalized spacial score (nSPS) is 20.8. The fourth-order valence-corrected chi connectivity index (χ4v) is 4.28. The maximum Gasteiger partial charge on any atom is 0.191 e. The van der Waals surface area contributed by atoms with E-state index in [0.29, 0.717) is 6.04 Å². The summed E-state index contributed by atoms with van der Waals surface area (Å²) in [6.45, 7) is 7.11. The number of thioether (sulfide) groups is 1. The molecular weight excluding hydrogens is 447 g/mol. The van der Waals surface area contributed by atoms with Crippen molar-refractivity contribution in [2.75, 3.05) is 18.8 Å². The van der Waals surface area contributed by atoms with Crippen LogP contribution in [-0.2, 0) is 6.54 Å². The van der Waals surface area contributed by atoms with Gasteiger partial charge < -0.3 is 15.2 Å². The van der Waals surface area contributed by atoms with Gasteiger partial charge in [0.15, 0.2) is 5.96 Å². The molecule has 2 N–H and O–H groups in total. The number of unbranched alkanes of at least 4 members (excludes halogenated alkanes) is 1. The van der Waals surface area contributed by atoms with Gasteiger partial charge in [0, 0.05) is 30.9 Å². The summed E-state index contributed by atoms with van der Waals surface area (Å²) >= 11 is 2.11. The molecule has 2 rings (SSSR count). The smallest absolute Gasteiger partial charge is 0.191 e. The minimum atomic E-state index is 0. The Morgan fingerprint density at radius 2 is 2.04 bits per heavy atom. The average Bonchev–Trinajstić information content (AvgIpc) is 3.09. The number of aromatic nitrogens is 3. The Kier molecular flexibility index (Phi) is 12.3. The van der Waals surface area contributed by atoms with Crippen LogP contribution in [0.15, 0.2) is 17.6 Å². The molecule has 2 unspecified atom stereocenters. The average molecular weight is 480 g/mol. The first-order valence-electron chi connectivity index (χ1n) is 9.30. The van der Waals surface area contributed by atoms with Crippen LogP contribution in [-0.4, -0.2) is 50.9 Å². The molecule has 0 bridgehead atoms. The Morgan fingerprint density at radius 3 is 2.76 bits per heavy atom. The van der Waals surface area contributed by atoms with E-state index in [4.69, 9.17) is 4.99 Å². The van der Waals surface area contributed by atoms with Crippen LogP contribution in [0.2, 0.25) is 0 Å². The van der Waals surface area contributed by atoms with Crippen LogP contribution in [0, 0.1) is 0 Å². The first-order valence-corrected chi connectivity index (χ1v) is 10.4. The Balaban J connectivity index is 0.00000312. The van der Waals surface area contributed by atoms with E-state index in [2.05, 4.69) is 46.4 Å². The molecule has 1 aromatic rings. The first-order chi connectivity index (χ1) is 11.8. The highest BCUT2D eigenvalue weighted by Crippen LogP contribution is 2.28. The van der Waals surface area contributed by atoms with Crippen molar-refractivity contribution in [3.63, 3.8) is 0 Å². The number of hydrogen-bond donors (Lipinski definition) is 2. The van der Waals surface area contributed by atoms with Crippen molar-refractivity contribution in [1.82, 2.24) is 25.4 Å². The SMILES string of the molecule is CCNC(=NCCCCn1cnnc1)NC1CCCC(SCC)C1.I. The zero-order valence-electron chi connectivity index (χ0n) is 15.5. The summed E-state index contributed by atoms with van der Waals surface area (Å²) in [6, 6.07) is 0.567. The van der Waals surface area contributed by atoms with Gasteiger partial charge in [-0.15, -0.1) is 34.2 Å². The van der Waals surface area contributed by atoms with Gasteiger partial charge in [-0.3, -0.25) is 4.99 Å². The van der Waals surface area contributed by atoms with Gasteiger partial charge in [0.25, 0.3) is 0 Å². The topological polar surface area (TPSA) is 67.1 Å². The third-order valence-corrected chi connectivity index (χ3v) is 5.51. The Hall–Kier alpha value is -0.510. The predicted molar refractivity (Wildman–Crippen MR) is 118 cm³/mol. The molecule has 0 amide bonds. The summed E-state index contributed by atoms with van der Waals surface area (Å²) in [5.41, 5.74) is 0. The fraction of sp³-hybridized carbons (Fsp3) is 0.824. The molecule has 25 heavy (non-hydrogen) atoms. The molecule has 1 heterocycles. The molecular formula is C17H33IN6S. The number of rotatable bonds is 9. The molecule has 1 fully saturated rings. The van der Waals surface area contributed by atoms with Gasteiger partial charge in [0.05, 0.1) is 0 Å². The third kappa shape index (κ3) is 9.12. The maximum atomic E-state index is 4.74. The van der Waals surface area contributed by atoms with E-state index in [0.717, 1.165) is 43.7 Å². The lowest BCUT2D eigenvalue weighted by molar-refractivity contribution is 0.418. The van der Waals surface area contributed by atoms with Gasteiger partial charge in [-0.1, -0.05) is 13.3 Å². The molecule has 1 aromatic heterocycles. The van der Waals surface area contributed by atoms with Gasteiger partial charge in [-0.05, 0) is 44.8 Å². The molecule has 0 saturated heterocycles. The molecule has 1 saturated carbocycles. The zero-order chi connectivity index (χ0) is 17.0. The van der Waals surface area contributed by atoms with Gasteiger partial charge >= 0.3 is 0 Å². The van der Waals surface area contributed by atoms with Gasteiger partial charge in [0.2, 0.25) is 0 Å². The summed E-state index contributed by atoms with van der Waals surface area (Å²) in [6.07, 6.45) is 10.9. The van der Waals surface area contributed by atoms with Crippen LogP contribution < -0.4 is 10.6 Å². The number of aliphatic imine (C=N–C) groups is 1. The molecule has 2 atom stereocenters. The molecule has 0 aliphatic heterocycles. The van der Waals surface area contributed by atoms with E-state index in [1.54, 1.807) is 12.7 Å². The van der Waals surface area contributed by atoms with Crippen molar-refractivity contribution in [3.8, 4) is 0 Å². The lowest BCUT2D eigenvalue weighted by Gasteiger charge is -2.30. The van der Waals surface area contributed by atoms with Crippen LogP contribution in [0.5, 0.6) is 0 Å². The van der Waals surface area contributed by atoms with Crippen molar-refractivity contribution >= 4 is 41.7 Å². The van der Waals surface area contributed by atoms with Crippen molar-refractivity contribution in [2.24, 2.45) is 4.99 Å². The Labute approximate surface area is 173 Å². The minimum Gasteiger partial charge on any atom is -0.357 e. The number of halogens is 1. The molecule has 6 nitrogen and oxygen atoms in total. The van der Waals surface area contributed by atoms with E-state index in [1.807, 2.05) is 4.57 Å². The summed E-state index contributed by atoms with van der Waals surface area (Å²) < 4.78 is 2.01. The Morgan fingerprint density at radius 1 is 1.24 bits per heavy atom. The lowest BCUT2D eigenvalue weighted by Crippen LogP contribution is -2.45. The summed E-state index contributed by atoms with van der Waals surface area (Å²) in [7, 11) is 0. The molecule has 8 heteroatoms. The highest BCUT2D eigenvalue weighted by atomic mass is 127. The number of guanidine groups is 1. The van der Waals surface area contributed by atoms with Crippen molar-refractivity contribution in [2.45, 2.75) is 70.2 Å². The molecule has 1 aliphatic carbocycles. The second-order valence-corrected chi connectivity index (χ2v) is 7.83. The molecule has 1 aliphatic rings. The second kappa shape index (κ2) is 13.7. The van der Waals surface area contributed by atoms with Crippen LogP contribution >= 0.6 is 35.7 Å². The number of aryl methyl sites for hydroxylation is 1. The zero-order valence-corrected chi connectivity index (χ0v) is 18.6. The summed E-state index contributed by atoms with van der Waals surface area (Å²) in [5.74, 6) is 2.20.